The molecule has 3 atom stereocenters. The highest BCUT2D eigenvalue weighted by Crippen LogP contribution is 2.32. The van der Waals surface area contributed by atoms with Crippen LogP contribution in [-0.2, 0) is 26.1 Å². The maximum atomic E-state index is 13.3. The Morgan fingerprint density at radius 2 is 1.73 bits per heavy atom. The van der Waals surface area contributed by atoms with Gasteiger partial charge in [0.2, 0.25) is 15.9 Å². The second-order valence-corrected chi connectivity index (χ2v) is 12.0. The zero-order chi connectivity index (χ0) is 28.3. The molecule has 2 heterocycles. The predicted molar refractivity (Wildman–Crippen MR) is 153 cm³/mol. The standard InChI is InChI=1S/C30H33N3O6S/c1-33-26-14-13-24(17-29(34)31-18-20-8-10-22(11-9-20)21-6-4-3-5-7-21)39-28(26)19-38-27-15-12-23(32-40(2,36)37)16-25(27)30(33)35/h3-12,15-16,24,26,28,32H,13-14,17-19H2,1-2H3,(H,31,34)/t24-,26+,28+/m1/s1. The number of likely N-dealkylation sites (N-methyl/N-ethyl adjacent to an activating group) is 1. The Labute approximate surface area is 234 Å². The first-order chi connectivity index (χ1) is 19.2. The Hall–Kier alpha value is -3.89. The SMILES string of the molecule is CN1C(=O)c2cc(NS(C)(=O)=O)ccc2OC[C@@H]2O[C@@H](CC(=O)NCc3ccc(-c4ccccc4)cc3)CC[C@@H]21. The van der Waals surface area contributed by atoms with Crippen molar-refractivity contribution in [2.24, 2.45) is 0 Å². The van der Waals surface area contributed by atoms with Crippen molar-refractivity contribution < 1.29 is 27.5 Å². The van der Waals surface area contributed by atoms with Crippen LogP contribution in [0.1, 0.15) is 35.2 Å². The Balaban J connectivity index is 1.17. The third-order valence-corrected chi connectivity index (χ3v) is 7.89. The van der Waals surface area contributed by atoms with Crippen LogP contribution in [0.2, 0.25) is 0 Å². The van der Waals surface area contributed by atoms with Gasteiger partial charge < -0.3 is 19.7 Å². The quantitative estimate of drug-likeness (QED) is 0.452. The van der Waals surface area contributed by atoms with E-state index in [1.54, 1.807) is 24.1 Å². The summed E-state index contributed by atoms with van der Waals surface area (Å²) in [6.07, 6.45) is 1.88. The number of rotatable bonds is 7. The van der Waals surface area contributed by atoms with Gasteiger partial charge in [-0.1, -0.05) is 54.6 Å². The zero-order valence-electron chi connectivity index (χ0n) is 22.5. The average Bonchev–Trinajstić information content (AvgIpc) is 2.94. The minimum absolute atomic E-state index is 0.0944. The van der Waals surface area contributed by atoms with Gasteiger partial charge in [-0.15, -0.1) is 0 Å². The van der Waals surface area contributed by atoms with Crippen molar-refractivity contribution in [3.8, 4) is 16.9 Å². The molecule has 2 aliphatic rings. The van der Waals surface area contributed by atoms with Crippen molar-refractivity contribution in [1.82, 2.24) is 10.2 Å². The second-order valence-electron chi connectivity index (χ2n) is 10.3. The highest BCUT2D eigenvalue weighted by atomic mass is 32.2. The molecule has 0 aromatic heterocycles. The normalized spacial score (nSPS) is 20.8. The highest BCUT2D eigenvalue weighted by molar-refractivity contribution is 7.92. The Morgan fingerprint density at radius 1 is 1.00 bits per heavy atom. The average molecular weight is 564 g/mol. The molecular formula is C30H33N3O6S. The molecule has 40 heavy (non-hydrogen) atoms. The Kier molecular flexibility index (Phi) is 8.09. The summed E-state index contributed by atoms with van der Waals surface area (Å²) in [5.41, 5.74) is 3.86. The lowest BCUT2D eigenvalue weighted by atomic mass is 9.94. The molecule has 0 aliphatic carbocycles. The van der Waals surface area contributed by atoms with Crippen LogP contribution in [0.25, 0.3) is 11.1 Å². The van der Waals surface area contributed by atoms with Crippen LogP contribution in [0.3, 0.4) is 0 Å². The van der Waals surface area contributed by atoms with Gasteiger partial charge in [-0.3, -0.25) is 14.3 Å². The van der Waals surface area contributed by atoms with Crippen LogP contribution < -0.4 is 14.8 Å². The molecule has 1 fully saturated rings. The van der Waals surface area contributed by atoms with E-state index in [1.807, 2.05) is 30.3 Å². The number of nitrogens with one attached hydrogen (secondary N) is 2. The lowest BCUT2D eigenvalue weighted by Gasteiger charge is -2.42. The third kappa shape index (κ3) is 6.63. The number of hydrogen-bond acceptors (Lipinski definition) is 6. The summed E-state index contributed by atoms with van der Waals surface area (Å²) < 4.78 is 37.9. The van der Waals surface area contributed by atoms with Gasteiger partial charge in [0.05, 0.1) is 30.4 Å². The van der Waals surface area contributed by atoms with Crippen LogP contribution in [0.5, 0.6) is 5.75 Å². The molecule has 0 unspecified atom stereocenters. The first kappa shape index (κ1) is 27.7. The van der Waals surface area contributed by atoms with Crippen molar-refractivity contribution in [3.05, 3.63) is 83.9 Å². The summed E-state index contributed by atoms with van der Waals surface area (Å²) in [5.74, 6) is -0.0148. The van der Waals surface area contributed by atoms with Crippen LogP contribution in [0, 0.1) is 0 Å². The number of carbonyl (C=O) groups excluding carboxylic acids is 2. The number of sulfonamides is 1. The molecule has 0 bridgehead atoms. The smallest absolute Gasteiger partial charge is 0.257 e. The van der Waals surface area contributed by atoms with Gasteiger partial charge >= 0.3 is 0 Å². The molecule has 2 N–H and O–H groups in total. The summed E-state index contributed by atoms with van der Waals surface area (Å²) in [5, 5.41) is 2.99. The van der Waals surface area contributed by atoms with E-state index in [4.69, 9.17) is 9.47 Å². The van der Waals surface area contributed by atoms with Crippen molar-refractivity contribution >= 4 is 27.5 Å². The van der Waals surface area contributed by atoms with Crippen molar-refractivity contribution in [1.29, 1.82) is 0 Å². The van der Waals surface area contributed by atoms with E-state index in [0.29, 0.717) is 30.8 Å². The topological polar surface area (TPSA) is 114 Å². The number of anilines is 1. The zero-order valence-corrected chi connectivity index (χ0v) is 23.3. The monoisotopic (exact) mass is 563 g/mol. The molecule has 2 amide bonds. The minimum Gasteiger partial charge on any atom is -0.490 e. The second kappa shape index (κ2) is 11.7. The largest absolute Gasteiger partial charge is 0.490 e. The van der Waals surface area contributed by atoms with Gasteiger partial charge in [-0.25, -0.2) is 8.42 Å². The van der Waals surface area contributed by atoms with Gasteiger partial charge in [0.25, 0.3) is 5.91 Å². The molecule has 0 spiro atoms. The van der Waals surface area contributed by atoms with E-state index >= 15 is 0 Å². The van der Waals surface area contributed by atoms with Gasteiger partial charge in [-0.2, -0.15) is 0 Å². The number of nitrogens with zero attached hydrogens (tertiary/aromatic N) is 1. The fourth-order valence-electron chi connectivity index (χ4n) is 5.23. The molecular weight excluding hydrogens is 530 g/mol. The molecule has 1 saturated heterocycles. The molecule has 0 saturated carbocycles. The molecule has 9 nitrogen and oxygen atoms in total. The maximum absolute atomic E-state index is 13.3. The van der Waals surface area contributed by atoms with Gasteiger partial charge in [0.1, 0.15) is 18.5 Å². The predicted octanol–water partition coefficient (Wildman–Crippen LogP) is 3.81. The Morgan fingerprint density at radius 3 is 2.45 bits per heavy atom. The van der Waals surface area contributed by atoms with E-state index in [9.17, 15) is 18.0 Å². The highest BCUT2D eigenvalue weighted by Gasteiger charge is 2.39. The molecule has 2 aliphatic heterocycles. The van der Waals surface area contributed by atoms with Crippen LogP contribution in [-0.4, -0.2) is 63.3 Å². The van der Waals surface area contributed by atoms with Crippen LogP contribution in [0.4, 0.5) is 5.69 Å². The van der Waals surface area contributed by atoms with Crippen LogP contribution in [0.15, 0.2) is 72.8 Å². The van der Waals surface area contributed by atoms with Gasteiger partial charge in [-0.05, 0) is 47.7 Å². The number of carbonyl (C=O) groups is 2. The number of ether oxygens (including phenoxy) is 2. The van der Waals surface area contributed by atoms with Gasteiger partial charge in [0, 0.05) is 19.3 Å². The minimum atomic E-state index is -3.49. The summed E-state index contributed by atoms with van der Waals surface area (Å²) in [4.78, 5) is 27.7. The lowest BCUT2D eigenvalue weighted by Crippen LogP contribution is -2.53. The molecule has 0 radical (unpaired) electrons. The van der Waals surface area contributed by atoms with Gasteiger partial charge in [0.15, 0.2) is 0 Å². The molecule has 210 valence electrons. The summed E-state index contributed by atoms with van der Waals surface area (Å²) >= 11 is 0. The fourth-order valence-corrected chi connectivity index (χ4v) is 5.79. The molecule has 3 aromatic carbocycles. The van der Waals surface area contributed by atoms with E-state index < -0.39 is 16.1 Å². The van der Waals surface area contributed by atoms with Crippen molar-refractivity contribution in [2.75, 3.05) is 24.6 Å². The first-order valence-corrected chi connectivity index (χ1v) is 15.1. The maximum Gasteiger partial charge on any atom is 0.257 e. The number of benzene rings is 3. The van der Waals surface area contributed by atoms with Crippen molar-refractivity contribution in [3.63, 3.8) is 0 Å². The lowest BCUT2D eigenvalue weighted by molar-refractivity contribution is -0.134. The van der Waals surface area contributed by atoms with E-state index in [0.717, 1.165) is 22.9 Å². The third-order valence-electron chi connectivity index (χ3n) is 7.28. The first-order valence-electron chi connectivity index (χ1n) is 13.2. The van der Waals surface area contributed by atoms with E-state index in [2.05, 4.69) is 34.3 Å². The van der Waals surface area contributed by atoms with Crippen molar-refractivity contribution in [2.45, 2.75) is 44.1 Å². The number of fused-ring (bicyclic) bond motifs is 2. The van der Waals surface area contributed by atoms with E-state index in [-0.39, 0.29) is 42.6 Å². The van der Waals surface area contributed by atoms with E-state index in [1.165, 1.54) is 6.07 Å². The molecule has 5 rings (SSSR count). The fraction of sp³-hybridized carbons (Fsp3) is 0.333. The van der Waals surface area contributed by atoms with Crippen LogP contribution >= 0.6 is 0 Å². The summed E-state index contributed by atoms with van der Waals surface area (Å²) in [7, 11) is -1.77. The number of amides is 2. The molecule has 3 aromatic rings. The summed E-state index contributed by atoms with van der Waals surface area (Å²) in [6.45, 7) is 0.639. The Bertz CT molecular complexity index is 1480. The number of hydrogen-bond donors (Lipinski definition) is 2. The molecule has 10 heteroatoms. The summed E-state index contributed by atoms with van der Waals surface area (Å²) in [6, 6.07) is 22.7.